The predicted octanol–water partition coefficient (Wildman–Crippen LogP) is 6.71. The number of anilines is 1. The standard InChI is InChI=1S/C28H32BrN3O3/c1-6-10-21(11-7-2)26-23-12-8-9-13-24(23)31(19-25(33)35-28(3,4)5)27(34)32(30-26)18-20-14-16-22(29)17-15-20/h6-9,12-17,21H,1-2,10-11,18-19H2,3-5H3. The van der Waals surface area contributed by atoms with Crippen LogP contribution in [0.25, 0.3) is 0 Å². The normalized spacial score (nSPS) is 13.7. The maximum Gasteiger partial charge on any atom is 0.345 e. The number of nitrogens with zero attached hydrogens (tertiary/aromatic N) is 3. The number of carbonyl (C=O) groups is 2. The molecule has 0 aromatic heterocycles. The topological polar surface area (TPSA) is 62.2 Å². The highest BCUT2D eigenvalue weighted by Crippen LogP contribution is 2.31. The highest BCUT2D eigenvalue weighted by atomic mass is 79.9. The highest BCUT2D eigenvalue weighted by molar-refractivity contribution is 9.10. The van der Waals surface area contributed by atoms with Crippen LogP contribution in [0.4, 0.5) is 10.5 Å². The number of amides is 2. The number of para-hydroxylation sites is 1. The van der Waals surface area contributed by atoms with Crippen LogP contribution < -0.4 is 4.90 Å². The van der Waals surface area contributed by atoms with E-state index in [0.29, 0.717) is 18.5 Å². The van der Waals surface area contributed by atoms with Crippen molar-refractivity contribution in [3.8, 4) is 0 Å². The van der Waals surface area contributed by atoms with Crippen molar-refractivity contribution in [3.05, 3.63) is 89.4 Å². The van der Waals surface area contributed by atoms with Gasteiger partial charge in [-0.3, -0.25) is 9.69 Å². The zero-order valence-corrected chi connectivity index (χ0v) is 22.1. The molecule has 2 aromatic rings. The molecule has 0 bridgehead atoms. The molecule has 1 aliphatic rings. The lowest BCUT2D eigenvalue weighted by Gasteiger charge is -2.27. The first-order chi connectivity index (χ1) is 16.6. The van der Waals surface area contributed by atoms with E-state index in [4.69, 9.17) is 9.84 Å². The molecule has 184 valence electrons. The van der Waals surface area contributed by atoms with Gasteiger partial charge in [0.15, 0.2) is 0 Å². The third kappa shape index (κ3) is 6.92. The van der Waals surface area contributed by atoms with Gasteiger partial charge in [0.05, 0.1) is 17.9 Å². The van der Waals surface area contributed by atoms with Gasteiger partial charge in [0.25, 0.3) is 0 Å². The van der Waals surface area contributed by atoms with Gasteiger partial charge in [0, 0.05) is 16.0 Å². The van der Waals surface area contributed by atoms with Gasteiger partial charge in [0.1, 0.15) is 12.1 Å². The molecule has 0 unspecified atom stereocenters. The van der Waals surface area contributed by atoms with Gasteiger partial charge >= 0.3 is 12.0 Å². The third-order valence-electron chi connectivity index (χ3n) is 5.39. The molecule has 0 saturated heterocycles. The Morgan fingerprint density at radius 3 is 2.31 bits per heavy atom. The molecule has 2 aromatic carbocycles. The molecule has 0 N–H and O–H groups in total. The monoisotopic (exact) mass is 537 g/mol. The molecule has 6 nitrogen and oxygen atoms in total. The first-order valence-corrected chi connectivity index (χ1v) is 12.4. The fourth-order valence-electron chi connectivity index (χ4n) is 3.94. The third-order valence-corrected chi connectivity index (χ3v) is 5.92. The summed E-state index contributed by atoms with van der Waals surface area (Å²) in [6, 6.07) is 14.9. The number of hydrazone groups is 1. The van der Waals surface area contributed by atoms with Crippen LogP contribution in [0, 0.1) is 5.92 Å². The van der Waals surface area contributed by atoms with E-state index in [9.17, 15) is 9.59 Å². The summed E-state index contributed by atoms with van der Waals surface area (Å²) in [6.07, 6.45) is 5.05. The van der Waals surface area contributed by atoms with Gasteiger partial charge in [-0.15, -0.1) is 13.2 Å². The number of hydrogen-bond donors (Lipinski definition) is 0. The van der Waals surface area contributed by atoms with Crippen LogP contribution in [0.3, 0.4) is 0 Å². The molecule has 2 amide bonds. The van der Waals surface area contributed by atoms with Crippen molar-refractivity contribution in [2.45, 2.75) is 45.8 Å². The van der Waals surface area contributed by atoms with Crippen LogP contribution in [0.5, 0.6) is 0 Å². The van der Waals surface area contributed by atoms with Crippen molar-refractivity contribution in [2.24, 2.45) is 11.0 Å². The Labute approximate surface area is 216 Å². The molecule has 0 atom stereocenters. The number of halogens is 1. The lowest BCUT2D eigenvalue weighted by Crippen LogP contribution is -2.44. The number of carbonyl (C=O) groups excluding carboxylic acids is 2. The molecule has 1 aliphatic heterocycles. The molecular weight excluding hydrogens is 506 g/mol. The van der Waals surface area contributed by atoms with E-state index < -0.39 is 17.6 Å². The quantitative estimate of drug-likeness (QED) is 0.264. The SMILES string of the molecule is C=CCC(CC=C)C1=NN(Cc2ccc(Br)cc2)C(=O)N(CC(=O)OC(C)(C)C)c2ccccc21. The van der Waals surface area contributed by atoms with E-state index in [0.717, 1.165) is 21.3 Å². The minimum Gasteiger partial charge on any atom is -0.459 e. The van der Waals surface area contributed by atoms with Crippen molar-refractivity contribution in [3.63, 3.8) is 0 Å². The Bertz CT molecular complexity index is 1110. The number of urea groups is 1. The van der Waals surface area contributed by atoms with E-state index in [1.54, 1.807) is 20.8 Å². The summed E-state index contributed by atoms with van der Waals surface area (Å²) < 4.78 is 6.49. The Morgan fingerprint density at radius 1 is 1.09 bits per heavy atom. The second-order valence-electron chi connectivity index (χ2n) is 9.39. The van der Waals surface area contributed by atoms with E-state index in [1.807, 2.05) is 60.7 Å². The van der Waals surface area contributed by atoms with E-state index in [-0.39, 0.29) is 19.0 Å². The van der Waals surface area contributed by atoms with Crippen molar-refractivity contribution >= 4 is 39.3 Å². The first-order valence-electron chi connectivity index (χ1n) is 11.6. The zero-order valence-electron chi connectivity index (χ0n) is 20.5. The molecule has 0 fully saturated rings. The van der Waals surface area contributed by atoms with Crippen LogP contribution in [-0.2, 0) is 16.1 Å². The van der Waals surface area contributed by atoms with Crippen LogP contribution in [0.2, 0.25) is 0 Å². The molecule has 0 saturated carbocycles. The first kappa shape index (κ1) is 26.4. The molecule has 0 aliphatic carbocycles. The molecular formula is C28H32BrN3O3. The van der Waals surface area contributed by atoms with Gasteiger partial charge < -0.3 is 4.74 Å². The molecule has 1 heterocycles. The summed E-state index contributed by atoms with van der Waals surface area (Å²) in [7, 11) is 0. The molecule has 7 heteroatoms. The summed E-state index contributed by atoms with van der Waals surface area (Å²) in [5.74, 6) is -0.505. The summed E-state index contributed by atoms with van der Waals surface area (Å²) >= 11 is 3.45. The second kappa shape index (κ2) is 11.5. The number of benzene rings is 2. The lowest BCUT2D eigenvalue weighted by molar-refractivity contribution is -0.152. The Kier molecular flexibility index (Phi) is 8.67. The summed E-state index contributed by atoms with van der Waals surface area (Å²) in [5.41, 5.74) is 2.44. The summed E-state index contributed by atoms with van der Waals surface area (Å²) in [6.45, 7) is 13.3. The van der Waals surface area contributed by atoms with Gasteiger partial charge in [-0.1, -0.05) is 58.4 Å². The fourth-order valence-corrected chi connectivity index (χ4v) is 4.20. The highest BCUT2D eigenvalue weighted by Gasteiger charge is 2.34. The van der Waals surface area contributed by atoms with Crippen LogP contribution in [-0.4, -0.2) is 34.9 Å². The van der Waals surface area contributed by atoms with Crippen molar-refractivity contribution in [1.82, 2.24) is 5.01 Å². The number of esters is 1. The molecule has 0 radical (unpaired) electrons. The fraction of sp³-hybridized carbons (Fsp3) is 0.321. The summed E-state index contributed by atoms with van der Waals surface area (Å²) in [4.78, 5) is 28.1. The average Bonchev–Trinajstić information content (AvgIpc) is 2.90. The van der Waals surface area contributed by atoms with Gasteiger partial charge in [-0.25, -0.2) is 9.80 Å². The van der Waals surface area contributed by atoms with Gasteiger partial charge in [-0.2, -0.15) is 5.10 Å². The van der Waals surface area contributed by atoms with Crippen molar-refractivity contribution in [2.75, 3.05) is 11.4 Å². The Balaban J connectivity index is 2.11. The largest absolute Gasteiger partial charge is 0.459 e. The lowest BCUT2D eigenvalue weighted by atomic mass is 9.90. The van der Waals surface area contributed by atoms with E-state index in [1.165, 1.54) is 9.91 Å². The predicted molar refractivity (Wildman–Crippen MR) is 144 cm³/mol. The minimum absolute atomic E-state index is 0.0205. The maximum atomic E-state index is 13.9. The van der Waals surface area contributed by atoms with Crippen LogP contribution in [0.15, 0.2) is 83.4 Å². The molecule has 35 heavy (non-hydrogen) atoms. The number of rotatable bonds is 9. The van der Waals surface area contributed by atoms with Crippen LogP contribution in [0.1, 0.15) is 44.7 Å². The smallest absolute Gasteiger partial charge is 0.345 e. The van der Waals surface area contributed by atoms with Gasteiger partial charge in [0.2, 0.25) is 0 Å². The second-order valence-corrected chi connectivity index (χ2v) is 10.3. The number of fused-ring (bicyclic) bond motifs is 1. The Morgan fingerprint density at radius 2 is 1.71 bits per heavy atom. The number of allylic oxidation sites excluding steroid dienone is 2. The zero-order chi connectivity index (χ0) is 25.6. The minimum atomic E-state index is -0.663. The number of ether oxygens (including phenoxy) is 1. The summed E-state index contributed by atoms with van der Waals surface area (Å²) in [5, 5.41) is 6.32. The van der Waals surface area contributed by atoms with Crippen molar-refractivity contribution in [1.29, 1.82) is 0 Å². The van der Waals surface area contributed by atoms with Gasteiger partial charge in [-0.05, 0) is 57.4 Å². The van der Waals surface area contributed by atoms with E-state index in [2.05, 4.69) is 29.1 Å². The molecule has 0 spiro atoms. The Hall–Kier alpha value is -3.19. The average molecular weight is 538 g/mol. The van der Waals surface area contributed by atoms with Crippen LogP contribution >= 0.6 is 15.9 Å². The number of hydrogen-bond acceptors (Lipinski definition) is 4. The van der Waals surface area contributed by atoms with E-state index >= 15 is 0 Å². The maximum absolute atomic E-state index is 13.9. The van der Waals surface area contributed by atoms with Crippen molar-refractivity contribution < 1.29 is 14.3 Å². The molecule has 3 rings (SSSR count).